The molecule has 1 atom stereocenters. The van der Waals surface area contributed by atoms with Gasteiger partial charge in [0, 0.05) is 36.5 Å². The molecular weight excluding hydrogens is 457 g/mol. The fourth-order valence-electron chi connectivity index (χ4n) is 4.79. The minimum atomic E-state index is 0.323. The van der Waals surface area contributed by atoms with E-state index in [-0.39, 0.29) is 0 Å². The van der Waals surface area contributed by atoms with Gasteiger partial charge in [0.15, 0.2) is 5.65 Å². The van der Waals surface area contributed by atoms with Crippen LogP contribution in [0.1, 0.15) is 32.5 Å². The highest BCUT2D eigenvalue weighted by Crippen LogP contribution is 2.38. The largest absolute Gasteiger partial charge is 0.368 e. The molecular formula is C24H25Cl2N7. The standard InChI is InChI=1S/C24H25Cl2N7/c1-14(2)32-11-3-4-17(32)13-20-29-22(15-7-9-28-10-8-15)21(23-30-31-24(27)33(20)23)16-5-6-18(25)19(26)12-16/h5-10,12,14,17H,3-4,11,13H2,1-2H3,(H2,27,31)/t17-/m0/s1. The molecule has 7 nitrogen and oxygen atoms in total. The van der Waals surface area contributed by atoms with Crippen molar-refractivity contribution in [1.82, 2.24) is 29.5 Å². The summed E-state index contributed by atoms with van der Waals surface area (Å²) in [5, 5.41) is 9.63. The lowest BCUT2D eigenvalue weighted by Crippen LogP contribution is -2.37. The van der Waals surface area contributed by atoms with Crippen LogP contribution in [0.5, 0.6) is 0 Å². The maximum Gasteiger partial charge on any atom is 0.227 e. The first-order valence-corrected chi connectivity index (χ1v) is 11.8. The second-order valence-electron chi connectivity index (χ2n) is 8.67. The summed E-state index contributed by atoms with van der Waals surface area (Å²) in [6, 6.07) is 10.3. The zero-order chi connectivity index (χ0) is 23.1. The molecule has 0 saturated carbocycles. The summed E-state index contributed by atoms with van der Waals surface area (Å²) >= 11 is 12.6. The minimum Gasteiger partial charge on any atom is -0.368 e. The van der Waals surface area contributed by atoms with Gasteiger partial charge in [0.25, 0.3) is 0 Å². The van der Waals surface area contributed by atoms with Gasteiger partial charge >= 0.3 is 0 Å². The van der Waals surface area contributed by atoms with E-state index in [1.54, 1.807) is 18.5 Å². The Morgan fingerprint density at radius 1 is 1.06 bits per heavy atom. The number of pyridine rings is 1. The van der Waals surface area contributed by atoms with Crippen molar-refractivity contribution in [1.29, 1.82) is 0 Å². The number of hydrogen-bond acceptors (Lipinski definition) is 6. The molecule has 1 aliphatic rings. The summed E-state index contributed by atoms with van der Waals surface area (Å²) in [6.07, 6.45) is 6.59. The molecule has 2 N–H and O–H groups in total. The Bertz CT molecular complexity index is 1300. The van der Waals surface area contributed by atoms with Crippen molar-refractivity contribution in [2.75, 3.05) is 12.3 Å². The van der Waals surface area contributed by atoms with Gasteiger partial charge in [-0.05, 0) is 63.1 Å². The van der Waals surface area contributed by atoms with Gasteiger partial charge in [-0.25, -0.2) is 9.38 Å². The van der Waals surface area contributed by atoms with E-state index in [9.17, 15) is 0 Å². The third-order valence-electron chi connectivity index (χ3n) is 6.31. The Kier molecular flexibility index (Phi) is 5.95. The summed E-state index contributed by atoms with van der Waals surface area (Å²) in [4.78, 5) is 11.9. The lowest BCUT2D eigenvalue weighted by atomic mass is 10.00. The Morgan fingerprint density at radius 2 is 1.85 bits per heavy atom. The number of rotatable bonds is 5. The number of nitrogen functional groups attached to an aromatic ring is 1. The van der Waals surface area contributed by atoms with Gasteiger partial charge in [-0.15, -0.1) is 10.2 Å². The van der Waals surface area contributed by atoms with Gasteiger partial charge in [0.2, 0.25) is 5.95 Å². The zero-order valence-corrected chi connectivity index (χ0v) is 20.1. The number of halogens is 2. The Morgan fingerprint density at radius 3 is 2.58 bits per heavy atom. The molecule has 9 heteroatoms. The highest BCUT2D eigenvalue weighted by atomic mass is 35.5. The summed E-state index contributed by atoms with van der Waals surface area (Å²) in [6.45, 7) is 5.58. The van der Waals surface area contributed by atoms with Crippen molar-refractivity contribution in [3.8, 4) is 22.4 Å². The van der Waals surface area contributed by atoms with Crippen molar-refractivity contribution >= 4 is 34.8 Å². The van der Waals surface area contributed by atoms with Crippen molar-refractivity contribution < 1.29 is 0 Å². The van der Waals surface area contributed by atoms with Crippen LogP contribution in [0, 0.1) is 0 Å². The van der Waals surface area contributed by atoms with Gasteiger partial charge in [-0.1, -0.05) is 29.3 Å². The molecule has 1 fully saturated rings. The second kappa shape index (κ2) is 8.89. The summed E-state index contributed by atoms with van der Waals surface area (Å²) < 4.78 is 1.87. The number of anilines is 1. The van der Waals surface area contributed by atoms with E-state index in [4.69, 9.17) is 33.9 Å². The number of likely N-dealkylation sites (tertiary alicyclic amines) is 1. The predicted molar refractivity (Wildman–Crippen MR) is 132 cm³/mol. The van der Waals surface area contributed by atoms with Crippen LogP contribution in [0.4, 0.5) is 5.95 Å². The van der Waals surface area contributed by atoms with Crippen LogP contribution < -0.4 is 5.73 Å². The van der Waals surface area contributed by atoms with E-state index in [0.29, 0.717) is 33.7 Å². The number of aromatic nitrogens is 5. The number of fused-ring (bicyclic) bond motifs is 1. The van der Waals surface area contributed by atoms with Crippen LogP contribution in [0.2, 0.25) is 10.0 Å². The van der Waals surface area contributed by atoms with Crippen LogP contribution >= 0.6 is 23.2 Å². The maximum absolute atomic E-state index is 6.37. The molecule has 170 valence electrons. The van der Waals surface area contributed by atoms with Crippen molar-refractivity contribution in [2.24, 2.45) is 0 Å². The van der Waals surface area contributed by atoms with Gasteiger partial charge in [0.1, 0.15) is 5.82 Å². The first kappa shape index (κ1) is 22.1. The van der Waals surface area contributed by atoms with Gasteiger partial charge in [-0.3, -0.25) is 9.88 Å². The van der Waals surface area contributed by atoms with Crippen LogP contribution in [-0.2, 0) is 6.42 Å². The maximum atomic E-state index is 6.37. The first-order valence-electron chi connectivity index (χ1n) is 11.1. The molecule has 0 bridgehead atoms. The molecule has 1 aliphatic heterocycles. The van der Waals surface area contributed by atoms with Gasteiger partial charge in [-0.2, -0.15) is 0 Å². The molecule has 0 radical (unpaired) electrons. The van der Waals surface area contributed by atoms with Gasteiger partial charge in [0.05, 0.1) is 21.3 Å². The number of nitrogens with two attached hydrogens (primary N) is 1. The quantitative estimate of drug-likeness (QED) is 0.423. The minimum absolute atomic E-state index is 0.323. The molecule has 4 aromatic rings. The molecule has 1 aromatic carbocycles. The van der Waals surface area contributed by atoms with E-state index in [0.717, 1.165) is 47.6 Å². The van der Waals surface area contributed by atoms with E-state index >= 15 is 0 Å². The normalized spacial score (nSPS) is 16.8. The highest BCUT2D eigenvalue weighted by Gasteiger charge is 2.29. The van der Waals surface area contributed by atoms with Crippen molar-refractivity contribution in [2.45, 2.75) is 45.2 Å². The Balaban J connectivity index is 1.75. The molecule has 4 heterocycles. The number of benzene rings is 1. The van der Waals surface area contributed by atoms with Gasteiger partial charge < -0.3 is 5.73 Å². The lowest BCUT2D eigenvalue weighted by molar-refractivity contribution is 0.200. The average molecular weight is 482 g/mol. The highest BCUT2D eigenvalue weighted by molar-refractivity contribution is 6.42. The Labute approximate surface area is 202 Å². The SMILES string of the molecule is CC(C)N1CCC[C@H]1Cc1nc(-c2ccncc2)c(-c2ccc(Cl)c(Cl)c2)c2nnc(N)n12. The van der Waals surface area contributed by atoms with Crippen LogP contribution in [0.3, 0.4) is 0 Å². The topological polar surface area (TPSA) is 85.2 Å². The fourth-order valence-corrected chi connectivity index (χ4v) is 5.09. The predicted octanol–water partition coefficient (Wildman–Crippen LogP) is 5.16. The molecule has 0 unspecified atom stereocenters. The molecule has 0 amide bonds. The van der Waals surface area contributed by atoms with E-state index in [1.165, 1.54) is 6.42 Å². The first-order chi connectivity index (χ1) is 15.9. The van der Waals surface area contributed by atoms with E-state index in [2.05, 4.69) is 33.9 Å². The molecule has 5 rings (SSSR count). The lowest BCUT2D eigenvalue weighted by Gasteiger charge is -2.28. The third-order valence-corrected chi connectivity index (χ3v) is 7.05. The fraction of sp³-hybridized carbons (Fsp3) is 0.333. The Hall–Kier alpha value is -2.74. The molecule has 0 spiro atoms. The average Bonchev–Trinajstić information content (AvgIpc) is 3.43. The summed E-state index contributed by atoms with van der Waals surface area (Å²) in [7, 11) is 0. The van der Waals surface area contributed by atoms with E-state index in [1.807, 2.05) is 28.7 Å². The smallest absolute Gasteiger partial charge is 0.227 e. The van der Waals surface area contributed by atoms with E-state index < -0.39 is 0 Å². The molecule has 0 aliphatic carbocycles. The zero-order valence-electron chi connectivity index (χ0n) is 18.5. The third kappa shape index (κ3) is 4.05. The number of nitrogens with zero attached hydrogens (tertiary/aromatic N) is 6. The molecule has 33 heavy (non-hydrogen) atoms. The van der Waals surface area contributed by atoms with Crippen LogP contribution in [0.15, 0.2) is 42.7 Å². The summed E-state index contributed by atoms with van der Waals surface area (Å²) in [5.41, 5.74) is 10.3. The molecule has 1 saturated heterocycles. The van der Waals surface area contributed by atoms with Crippen LogP contribution in [0.25, 0.3) is 28.0 Å². The second-order valence-corrected chi connectivity index (χ2v) is 9.48. The molecule has 3 aromatic heterocycles. The van der Waals surface area contributed by atoms with Crippen molar-refractivity contribution in [3.63, 3.8) is 0 Å². The summed E-state index contributed by atoms with van der Waals surface area (Å²) in [5.74, 6) is 1.17. The monoisotopic (exact) mass is 481 g/mol. The van der Waals surface area contributed by atoms with Crippen molar-refractivity contribution in [3.05, 3.63) is 58.6 Å². The van der Waals surface area contributed by atoms with Crippen LogP contribution in [-0.4, -0.2) is 48.1 Å². The number of hydrogen-bond donors (Lipinski definition) is 1.